The van der Waals surface area contributed by atoms with E-state index in [9.17, 15) is 4.79 Å². The smallest absolute Gasteiger partial charge is 0.224 e. The summed E-state index contributed by atoms with van der Waals surface area (Å²) in [5, 5.41) is 3.71. The SMILES string of the molecule is CCN1C[C@@H](NC2CCN(c3cc(C)nc(-c4ccccc4)n3)CC2)CC1=O. The van der Waals surface area contributed by atoms with E-state index in [0.717, 1.165) is 61.9 Å². The molecule has 1 N–H and O–H groups in total. The number of piperidine rings is 1. The molecule has 2 aliphatic rings. The van der Waals surface area contributed by atoms with Gasteiger partial charge >= 0.3 is 0 Å². The molecule has 2 saturated heterocycles. The molecule has 0 saturated carbocycles. The van der Waals surface area contributed by atoms with Gasteiger partial charge in [0.25, 0.3) is 0 Å². The third-order valence-electron chi connectivity index (χ3n) is 5.76. The van der Waals surface area contributed by atoms with Crippen LogP contribution in [0.2, 0.25) is 0 Å². The molecular formula is C22H29N5O. The molecule has 148 valence electrons. The minimum atomic E-state index is 0.280. The zero-order valence-corrected chi connectivity index (χ0v) is 16.8. The maximum absolute atomic E-state index is 11.9. The van der Waals surface area contributed by atoms with Crippen LogP contribution in [-0.2, 0) is 4.79 Å². The molecule has 0 unspecified atom stereocenters. The fourth-order valence-electron chi connectivity index (χ4n) is 4.23. The number of nitrogens with zero attached hydrogens (tertiary/aromatic N) is 4. The van der Waals surface area contributed by atoms with Gasteiger partial charge in [0.2, 0.25) is 5.91 Å². The molecule has 0 aliphatic carbocycles. The van der Waals surface area contributed by atoms with Gasteiger partial charge in [0.15, 0.2) is 5.82 Å². The fraction of sp³-hybridized carbons (Fsp3) is 0.500. The number of hydrogen-bond acceptors (Lipinski definition) is 5. The molecule has 1 aromatic heterocycles. The van der Waals surface area contributed by atoms with E-state index >= 15 is 0 Å². The summed E-state index contributed by atoms with van der Waals surface area (Å²) in [6, 6.07) is 13.0. The Labute approximate surface area is 167 Å². The third kappa shape index (κ3) is 4.17. The molecule has 3 heterocycles. The van der Waals surface area contributed by atoms with Crippen molar-refractivity contribution < 1.29 is 4.79 Å². The number of likely N-dealkylation sites (tertiary alicyclic amines) is 1. The van der Waals surface area contributed by atoms with Crippen molar-refractivity contribution in [1.82, 2.24) is 20.2 Å². The first-order valence-electron chi connectivity index (χ1n) is 10.3. The van der Waals surface area contributed by atoms with Crippen molar-refractivity contribution in [3.05, 3.63) is 42.1 Å². The van der Waals surface area contributed by atoms with Gasteiger partial charge in [0.05, 0.1) is 0 Å². The highest BCUT2D eigenvalue weighted by molar-refractivity contribution is 5.79. The number of hydrogen-bond donors (Lipinski definition) is 1. The number of carbonyl (C=O) groups excluding carboxylic acids is 1. The second kappa shape index (κ2) is 8.27. The average Bonchev–Trinajstić information content (AvgIpc) is 3.08. The number of anilines is 1. The Bertz CT molecular complexity index is 817. The van der Waals surface area contributed by atoms with Crippen molar-refractivity contribution in [3.63, 3.8) is 0 Å². The highest BCUT2D eigenvalue weighted by atomic mass is 16.2. The van der Waals surface area contributed by atoms with Crippen LogP contribution >= 0.6 is 0 Å². The van der Waals surface area contributed by atoms with Gasteiger partial charge in [-0.15, -0.1) is 0 Å². The number of nitrogens with one attached hydrogen (secondary N) is 1. The maximum Gasteiger partial charge on any atom is 0.224 e. The first-order chi connectivity index (χ1) is 13.6. The zero-order valence-electron chi connectivity index (χ0n) is 16.8. The summed E-state index contributed by atoms with van der Waals surface area (Å²) < 4.78 is 0. The summed E-state index contributed by atoms with van der Waals surface area (Å²) in [5.74, 6) is 2.08. The van der Waals surface area contributed by atoms with E-state index in [1.807, 2.05) is 36.9 Å². The van der Waals surface area contributed by atoms with Gasteiger partial charge in [-0.3, -0.25) is 4.79 Å². The van der Waals surface area contributed by atoms with Crippen LogP contribution in [0.4, 0.5) is 5.82 Å². The molecule has 1 atom stereocenters. The molecule has 0 bridgehead atoms. The van der Waals surface area contributed by atoms with E-state index in [1.54, 1.807) is 0 Å². The van der Waals surface area contributed by atoms with Gasteiger partial charge in [0.1, 0.15) is 5.82 Å². The number of benzene rings is 1. The standard InChI is InChI=1S/C22H29N5O/c1-3-26-15-19(14-21(26)28)24-18-9-11-27(12-10-18)20-13-16(2)23-22(25-20)17-7-5-4-6-8-17/h4-8,13,18-19,24H,3,9-12,14-15H2,1-2H3/t19-/m0/s1. The number of aryl methyl sites for hydroxylation is 1. The molecule has 2 aliphatic heterocycles. The lowest BCUT2D eigenvalue weighted by Crippen LogP contribution is -2.47. The van der Waals surface area contributed by atoms with Gasteiger partial charge in [-0.25, -0.2) is 9.97 Å². The van der Waals surface area contributed by atoms with E-state index in [4.69, 9.17) is 4.98 Å². The quantitative estimate of drug-likeness (QED) is 0.865. The van der Waals surface area contributed by atoms with Gasteiger partial charge in [-0.1, -0.05) is 30.3 Å². The maximum atomic E-state index is 11.9. The van der Waals surface area contributed by atoms with Crippen molar-refractivity contribution in [3.8, 4) is 11.4 Å². The molecule has 2 aromatic rings. The molecule has 4 rings (SSSR count). The number of aromatic nitrogens is 2. The van der Waals surface area contributed by atoms with Crippen molar-refractivity contribution >= 4 is 11.7 Å². The third-order valence-corrected chi connectivity index (χ3v) is 5.76. The molecule has 1 amide bonds. The number of rotatable bonds is 5. The molecule has 6 nitrogen and oxygen atoms in total. The van der Waals surface area contributed by atoms with E-state index < -0.39 is 0 Å². The number of likely N-dealkylation sites (N-methyl/N-ethyl adjacent to an activating group) is 1. The zero-order chi connectivity index (χ0) is 19.5. The average molecular weight is 380 g/mol. The molecule has 2 fully saturated rings. The fourth-order valence-corrected chi connectivity index (χ4v) is 4.23. The molecule has 1 aromatic carbocycles. The predicted octanol–water partition coefficient (Wildman–Crippen LogP) is 2.63. The lowest BCUT2D eigenvalue weighted by Gasteiger charge is -2.34. The Balaban J connectivity index is 1.38. The Morgan fingerprint density at radius 1 is 1.11 bits per heavy atom. The lowest BCUT2D eigenvalue weighted by atomic mass is 10.0. The molecule has 6 heteroatoms. The van der Waals surface area contributed by atoms with Crippen LogP contribution in [0, 0.1) is 6.92 Å². The summed E-state index contributed by atoms with van der Waals surface area (Å²) in [7, 11) is 0. The molecule has 28 heavy (non-hydrogen) atoms. The monoisotopic (exact) mass is 379 g/mol. The number of amides is 1. The highest BCUT2D eigenvalue weighted by Gasteiger charge is 2.31. The molecule has 0 spiro atoms. The van der Waals surface area contributed by atoms with E-state index in [0.29, 0.717) is 18.5 Å². The van der Waals surface area contributed by atoms with E-state index in [2.05, 4.69) is 33.4 Å². The molecular weight excluding hydrogens is 350 g/mol. The normalized spacial score (nSPS) is 20.8. The van der Waals surface area contributed by atoms with Crippen LogP contribution in [0.3, 0.4) is 0 Å². The minimum Gasteiger partial charge on any atom is -0.356 e. The predicted molar refractivity (Wildman–Crippen MR) is 111 cm³/mol. The summed E-state index contributed by atoms with van der Waals surface area (Å²) >= 11 is 0. The van der Waals surface area contributed by atoms with E-state index in [1.165, 1.54) is 0 Å². The van der Waals surface area contributed by atoms with Gasteiger partial charge in [-0.2, -0.15) is 0 Å². The first kappa shape index (κ1) is 18.9. The summed E-state index contributed by atoms with van der Waals surface area (Å²) in [5.41, 5.74) is 2.05. The number of carbonyl (C=O) groups is 1. The van der Waals surface area contributed by atoms with Crippen LogP contribution in [0.1, 0.15) is 31.9 Å². The van der Waals surface area contributed by atoms with Gasteiger partial charge in [-0.05, 0) is 26.7 Å². The van der Waals surface area contributed by atoms with Crippen molar-refractivity contribution in [2.45, 2.75) is 45.2 Å². The van der Waals surface area contributed by atoms with Crippen molar-refractivity contribution in [2.75, 3.05) is 31.1 Å². The van der Waals surface area contributed by atoms with Crippen LogP contribution in [0.5, 0.6) is 0 Å². The minimum absolute atomic E-state index is 0.280. The van der Waals surface area contributed by atoms with Gasteiger partial charge in [0, 0.05) is 62.0 Å². The second-order valence-electron chi connectivity index (χ2n) is 7.82. The van der Waals surface area contributed by atoms with Crippen LogP contribution < -0.4 is 10.2 Å². The lowest BCUT2D eigenvalue weighted by molar-refractivity contribution is -0.127. The van der Waals surface area contributed by atoms with Crippen molar-refractivity contribution in [2.24, 2.45) is 0 Å². The van der Waals surface area contributed by atoms with Crippen LogP contribution in [-0.4, -0.2) is 59.0 Å². The molecule has 0 radical (unpaired) electrons. The summed E-state index contributed by atoms with van der Waals surface area (Å²) in [6.45, 7) is 7.68. The van der Waals surface area contributed by atoms with Crippen molar-refractivity contribution in [1.29, 1.82) is 0 Å². The summed E-state index contributed by atoms with van der Waals surface area (Å²) in [6.07, 6.45) is 2.78. The Hall–Kier alpha value is -2.47. The Morgan fingerprint density at radius 3 is 2.54 bits per heavy atom. The largest absolute Gasteiger partial charge is 0.356 e. The highest BCUT2D eigenvalue weighted by Crippen LogP contribution is 2.23. The summed E-state index contributed by atoms with van der Waals surface area (Å²) in [4.78, 5) is 25.7. The van der Waals surface area contributed by atoms with E-state index in [-0.39, 0.29) is 5.91 Å². The Kier molecular flexibility index (Phi) is 5.57. The first-order valence-corrected chi connectivity index (χ1v) is 10.3. The van der Waals surface area contributed by atoms with Crippen LogP contribution in [0.25, 0.3) is 11.4 Å². The second-order valence-corrected chi connectivity index (χ2v) is 7.82. The Morgan fingerprint density at radius 2 is 1.86 bits per heavy atom. The van der Waals surface area contributed by atoms with Crippen LogP contribution in [0.15, 0.2) is 36.4 Å². The van der Waals surface area contributed by atoms with Gasteiger partial charge < -0.3 is 15.1 Å². The topological polar surface area (TPSA) is 61.4 Å².